The van der Waals surface area contributed by atoms with E-state index < -0.39 is 15.9 Å². The minimum Gasteiger partial charge on any atom is -0.486 e. The molecule has 0 saturated carbocycles. The Kier molecular flexibility index (Phi) is 6.32. The van der Waals surface area contributed by atoms with E-state index in [2.05, 4.69) is 5.32 Å². The van der Waals surface area contributed by atoms with Gasteiger partial charge in [-0.15, -0.1) is 0 Å². The lowest BCUT2D eigenvalue weighted by Gasteiger charge is -2.26. The van der Waals surface area contributed by atoms with Crippen molar-refractivity contribution in [3.63, 3.8) is 0 Å². The zero-order valence-corrected chi connectivity index (χ0v) is 18.5. The summed E-state index contributed by atoms with van der Waals surface area (Å²) in [5, 5.41) is 2.82. The Morgan fingerprint density at radius 3 is 2.38 bits per heavy atom. The first-order chi connectivity index (χ1) is 15.4. The van der Waals surface area contributed by atoms with Crippen LogP contribution in [0.4, 0.5) is 5.69 Å². The molecular weight excluding hydrogens is 428 g/mol. The first-order valence-electron chi connectivity index (χ1n) is 10.2. The number of rotatable bonds is 7. The molecule has 1 aliphatic rings. The number of ether oxygens (including phenoxy) is 2. The normalized spacial score (nSPS) is 12.8. The van der Waals surface area contributed by atoms with Gasteiger partial charge in [0, 0.05) is 12.6 Å². The molecule has 1 amide bonds. The summed E-state index contributed by atoms with van der Waals surface area (Å²) < 4.78 is 39.1. The quantitative estimate of drug-likeness (QED) is 0.595. The smallest absolute Gasteiger partial charge is 0.264 e. The number of amides is 1. The highest BCUT2D eigenvalue weighted by molar-refractivity contribution is 7.92. The molecular formula is C24H24N2O5S. The van der Waals surface area contributed by atoms with Crippen molar-refractivity contribution in [3.05, 3.63) is 83.9 Å². The second kappa shape index (κ2) is 9.32. The van der Waals surface area contributed by atoms with Gasteiger partial charge in [0.25, 0.3) is 10.0 Å². The number of hydrogen-bond donors (Lipinski definition) is 1. The van der Waals surface area contributed by atoms with E-state index in [1.54, 1.807) is 36.4 Å². The van der Waals surface area contributed by atoms with Gasteiger partial charge in [0.05, 0.1) is 10.6 Å². The summed E-state index contributed by atoms with van der Waals surface area (Å²) in [6.45, 7) is 2.70. The van der Waals surface area contributed by atoms with Gasteiger partial charge in [-0.3, -0.25) is 9.10 Å². The summed E-state index contributed by atoms with van der Waals surface area (Å²) in [6, 6.07) is 20.6. The van der Waals surface area contributed by atoms with E-state index in [-0.39, 0.29) is 11.4 Å². The molecule has 3 aromatic rings. The lowest BCUT2D eigenvalue weighted by atomic mass is 10.1. The molecule has 4 rings (SSSR count). The Balaban J connectivity index is 1.62. The molecule has 0 atom stereocenters. The molecule has 32 heavy (non-hydrogen) atoms. The lowest BCUT2D eigenvalue weighted by Crippen LogP contribution is -2.40. The molecule has 0 aromatic heterocycles. The number of sulfonamides is 1. The van der Waals surface area contributed by atoms with Crippen LogP contribution in [0.15, 0.2) is 77.7 Å². The van der Waals surface area contributed by atoms with Crippen molar-refractivity contribution in [2.45, 2.75) is 18.4 Å². The fraction of sp³-hybridized carbons (Fsp3) is 0.208. The van der Waals surface area contributed by atoms with Crippen LogP contribution in [0.3, 0.4) is 0 Å². The summed E-state index contributed by atoms with van der Waals surface area (Å²) in [5.41, 5.74) is 2.34. The number of benzene rings is 3. The van der Waals surface area contributed by atoms with Crippen LogP contribution < -0.4 is 19.1 Å². The molecule has 0 bridgehead atoms. The number of carbonyl (C=O) groups is 1. The van der Waals surface area contributed by atoms with E-state index in [4.69, 9.17) is 9.47 Å². The predicted octanol–water partition coefficient (Wildman–Crippen LogP) is 3.28. The third-order valence-corrected chi connectivity index (χ3v) is 6.96. The SMILES string of the molecule is Cc1ccccc1CNC(=O)CN(c1ccc2c(c1)OCCO2)S(=O)(=O)c1ccccc1. The minimum atomic E-state index is -3.99. The standard InChI is InChI=1S/C24H24N2O5S/c1-18-7-5-6-8-19(18)16-25-24(27)17-26(32(28,29)21-9-3-2-4-10-21)20-11-12-22-23(15-20)31-14-13-30-22/h2-12,15H,13-14,16-17H2,1H3,(H,25,27). The van der Waals surface area contributed by atoms with Crippen LogP contribution in [0, 0.1) is 6.92 Å². The fourth-order valence-corrected chi connectivity index (χ4v) is 4.84. The van der Waals surface area contributed by atoms with Crippen molar-refractivity contribution in [2.24, 2.45) is 0 Å². The summed E-state index contributed by atoms with van der Waals surface area (Å²) in [4.78, 5) is 12.9. The molecule has 0 saturated heterocycles. The second-order valence-electron chi connectivity index (χ2n) is 7.36. The summed E-state index contributed by atoms with van der Waals surface area (Å²) in [6.07, 6.45) is 0. The molecule has 8 heteroatoms. The van der Waals surface area contributed by atoms with Crippen LogP contribution in [0.25, 0.3) is 0 Å². The number of aryl methyl sites for hydroxylation is 1. The van der Waals surface area contributed by atoms with Gasteiger partial charge in [-0.1, -0.05) is 42.5 Å². The van der Waals surface area contributed by atoms with Gasteiger partial charge in [-0.25, -0.2) is 8.42 Å². The van der Waals surface area contributed by atoms with Gasteiger partial charge in [-0.2, -0.15) is 0 Å². The van der Waals surface area contributed by atoms with Gasteiger partial charge in [0.15, 0.2) is 11.5 Å². The topological polar surface area (TPSA) is 84.9 Å². The van der Waals surface area contributed by atoms with Gasteiger partial charge in [0.1, 0.15) is 19.8 Å². The van der Waals surface area contributed by atoms with E-state index in [0.717, 1.165) is 15.4 Å². The van der Waals surface area contributed by atoms with Crippen LogP contribution in [-0.2, 0) is 21.4 Å². The molecule has 0 radical (unpaired) electrons. The molecule has 1 heterocycles. The van der Waals surface area contributed by atoms with Crippen LogP contribution in [-0.4, -0.2) is 34.1 Å². The van der Waals surface area contributed by atoms with Gasteiger partial charge >= 0.3 is 0 Å². The fourth-order valence-electron chi connectivity index (χ4n) is 3.41. The van der Waals surface area contributed by atoms with Crippen LogP contribution in [0.1, 0.15) is 11.1 Å². The number of nitrogens with one attached hydrogen (secondary N) is 1. The van der Waals surface area contributed by atoms with E-state index in [1.165, 1.54) is 12.1 Å². The maximum Gasteiger partial charge on any atom is 0.264 e. The maximum atomic E-state index is 13.4. The number of fused-ring (bicyclic) bond motifs is 1. The second-order valence-corrected chi connectivity index (χ2v) is 9.22. The maximum absolute atomic E-state index is 13.4. The highest BCUT2D eigenvalue weighted by atomic mass is 32.2. The minimum absolute atomic E-state index is 0.0987. The zero-order valence-electron chi connectivity index (χ0n) is 17.7. The molecule has 0 unspecified atom stereocenters. The Bertz CT molecular complexity index is 1210. The molecule has 1 aliphatic heterocycles. The third-order valence-electron chi connectivity index (χ3n) is 5.17. The lowest BCUT2D eigenvalue weighted by molar-refractivity contribution is -0.119. The highest BCUT2D eigenvalue weighted by Gasteiger charge is 2.28. The predicted molar refractivity (Wildman–Crippen MR) is 121 cm³/mol. The largest absolute Gasteiger partial charge is 0.486 e. The first-order valence-corrected chi connectivity index (χ1v) is 11.7. The van der Waals surface area contributed by atoms with Crippen molar-refractivity contribution in [2.75, 3.05) is 24.1 Å². The molecule has 3 aromatic carbocycles. The average Bonchev–Trinajstić information content (AvgIpc) is 2.82. The molecule has 0 aliphatic carbocycles. The van der Waals surface area contributed by atoms with Crippen molar-refractivity contribution in [1.82, 2.24) is 5.32 Å². The van der Waals surface area contributed by atoms with E-state index in [1.807, 2.05) is 31.2 Å². The molecule has 7 nitrogen and oxygen atoms in total. The van der Waals surface area contributed by atoms with E-state index >= 15 is 0 Å². The average molecular weight is 453 g/mol. The molecule has 1 N–H and O–H groups in total. The summed E-state index contributed by atoms with van der Waals surface area (Å²) >= 11 is 0. The number of nitrogens with zero attached hydrogens (tertiary/aromatic N) is 1. The Morgan fingerprint density at radius 2 is 1.62 bits per heavy atom. The van der Waals surface area contributed by atoms with Crippen molar-refractivity contribution >= 4 is 21.6 Å². The summed E-state index contributed by atoms with van der Waals surface area (Å²) in [5.74, 6) is 0.575. The zero-order chi connectivity index (χ0) is 22.6. The Hall–Kier alpha value is -3.52. The van der Waals surface area contributed by atoms with Crippen LogP contribution in [0.2, 0.25) is 0 Å². The Morgan fingerprint density at radius 1 is 0.938 bits per heavy atom. The highest BCUT2D eigenvalue weighted by Crippen LogP contribution is 2.35. The van der Waals surface area contributed by atoms with Gasteiger partial charge < -0.3 is 14.8 Å². The van der Waals surface area contributed by atoms with E-state index in [0.29, 0.717) is 36.9 Å². The van der Waals surface area contributed by atoms with Crippen LogP contribution >= 0.6 is 0 Å². The third kappa shape index (κ3) is 4.70. The van der Waals surface area contributed by atoms with Gasteiger partial charge in [0.2, 0.25) is 5.91 Å². The molecule has 0 fully saturated rings. The monoisotopic (exact) mass is 452 g/mol. The van der Waals surface area contributed by atoms with Crippen LogP contribution in [0.5, 0.6) is 11.5 Å². The molecule has 166 valence electrons. The Labute approximate surface area is 187 Å². The van der Waals surface area contributed by atoms with Gasteiger partial charge in [-0.05, 0) is 42.3 Å². The number of carbonyl (C=O) groups excluding carboxylic acids is 1. The first kappa shape index (κ1) is 21.7. The number of hydrogen-bond acceptors (Lipinski definition) is 5. The van der Waals surface area contributed by atoms with Crippen molar-refractivity contribution < 1.29 is 22.7 Å². The van der Waals surface area contributed by atoms with E-state index in [9.17, 15) is 13.2 Å². The summed E-state index contributed by atoms with van der Waals surface area (Å²) in [7, 11) is -3.99. The van der Waals surface area contributed by atoms with Crippen molar-refractivity contribution in [1.29, 1.82) is 0 Å². The number of anilines is 1. The molecule has 0 spiro atoms. The van der Waals surface area contributed by atoms with Crippen molar-refractivity contribution in [3.8, 4) is 11.5 Å².